The van der Waals surface area contributed by atoms with Crippen molar-refractivity contribution < 1.29 is 9.94 Å². The fourth-order valence-corrected chi connectivity index (χ4v) is 2.05. The van der Waals surface area contributed by atoms with E-state index in [0.29, 0.717) is 11.8 Å². The van der Waals surface area contributed by atoms with Crippen LogP contribution in [0.25, 0.3) is 0 Å². The Morgan fingerprint density at radius 3 is 3.14 bits per heavy atom. The maximum Gasteiger partial charge on any atom is 0.119 e. The molecule has 1 aliphatic carbocycles. The van der Waals surface area contributed by atoms with E-state index in [4.69, 9.17) is 4.84 Å². The number of phenolic OH excluding ortho intramolecular Hbond substituents is 1. The van der Waals surface area contributed by atoms with Crippen molar-refractivity contribution in [3.05, 3.63) is 29.3 Å². The van der Waals surface area contributed by atoms with Crippen LogP contribution >= 0.6 is 0 Å². The van der Waals surface area contributed by atoms with E-state index in [-0.39, 0.29) is 0 Å². The molecule has 3 heteroatoms. The average Bonchev–Trinajstić information content (AvgIpc) is 2.18. The second-order valence-electron chi connectivity index (χ2n) is 3.68. The highest BCUT2D eigenvalue weighted by Gasteiger charge is 2.20. The lowest BCUT2D eigenvalue weighted by Crippen LogP contribution is -2.33. The molecule has 0 aromatic heterocycles. The number of hydrogen-bond acceptors (Lipinski definition) is 3. The van der Waals surface area contributed by atoms with E-state index in [1.807, 2.05) is 6.07 Å². The molecule has 1 aliphatic rings. The Morgan fingerprint density at radius 2 is 2.36 bits per heavy atom. The van der Waals surface area contributed by atoms with Gasteiger partial charge in [0.1, 0.15) is 5.75 Å². The Morgan fingerprint density at radius 1 is 1.50 bits per heavy atom. The van der Waals surface area contributed by atoms with Gasteiger partial charge < -0.3 is 9.94 Å². The molecular formula is C11H15NO2. The molecule has 1 aromatic carbocycles. The number of aromatic hydroxyl groups is 1. The van der Waals surface area contributed by atoms with E-state index in [0.717, 1.165) is 24.8 Å². The molecule has 14 heavy (non-hydrogen) atoms. The van der Waals surface area contributed by atoms with Gasteiger partial charge in [-0.2, -0.15) is 5.48 Å². The van der Waals surface area contributed by atoms with Crippen LogP contribution in [0.2, 0.25) is 0 Å². The highest BCUT2D eigenvalue weighted by atomic mass is 16.6. The van der Waals surface area contributed by atoms with Crippen molar-refractivity contribution in [2.24, 2.45) is 0 Å². The van der Waals surface area contributed by atoms with Gasteiger partial charge in [0.05, 0.1) is 7.11 Å². The quantitative estimate of drug-likeness (QED) is 0.698. The van der Waals surface area contributed by atoms with E-state index in [1.54, 1.807) is 13.2 Å². The molecule has 1 aromatic rings. The Labute approximate surface area is 83.7 Å². The number of nitrogens with one attached hydrogen (secondary N) is 1. The highest BCUT2D eigenvalue weighted by Crippen LogP contribution is 2.28. The maximum absolute atomic E-state index is 9.62. The molecule has 0 spiro atoms. The van der Waals surface area contributed by atoms with Gasteiger partial charge in [-0.15, -0.1) is 0 Å². The van der Waals surface area contributed by atoms with Crippen molar-refractivity contribution in [3.63, 3.8) is 0 Å². The van der Waals surface area contributed by atoms with Crippen LogP contribution in [0, 0.1) is 0 Å². The third-order valence-electron chi connectivity index (χ3n) is 2.74. The zero-order valence-corrected chi connectivity index (χ0v) is 8.29. The zero-order valence-electron chi connectivity index (χ0n) is 8.29. The summed E-state index contributed by atoms with van der Waals surface area (Å²) in [4.78, 5) is 4.91. The fraction of sp³-hybridized carbons (Fsp3) is 0.455. The van der Waals surface area contributed by atoms with Crippen LogP contribution in [0.5, 0.6) is 5.75 Å². The van der Waals surface area contributed by atoms with Crippen molar-refractivity contribution in [2.75, 3.05) is 7.11 Å². The molecule has 0 aliphatic heterocycles. The van der Waals surface area contributed by atoms with Crippen molar-refractivity contribution >= 4 is 0 Å². The lowest BCUT2D eigenvalue weighted by molar-refractivity contribution is 0.0564. The van der Waals surface area contributed by atoms with E-state index in [2.05, 4.69) is 11.5 Å². The predicted octanol–water partition coefficient (Wildman–Crippen LogP) is 1.40. The largest absolute Gasteiger partial charge is 0.508 e. The van der Waals surface area contributed by atoms with Crippen LogP contribution < -0.4 is 5.48 Å². The summed E-state index contributed by atoms with van der Waals surface area (Å²) in [6.07, 6.45) is 2.86. The summed E-state index contributed by atoms with van der Waals surface area (Å²) < 4.78 is 0. The molecule has 76 valence electrons. The van der Waals surface area contributed by atoms with Gasteiger partial charge in [0.2, 0.25) is 0 Å². The number of hydroxylamine groups is 1. The summed E-state index contributed by atoms with van der Waals surface area (Å²) in [5.41, 5.74) is 5.29. The molecule has 2 rings (SSSR count). The van der Waals surface area contributed by atoms with Gasteiger partial charge in [-0.05, 0) is 36.5 Å². The topological polar surface area (TPSA) is 41.5 Å². The third kappa shape index (κ3) is 1.74. The first-order chi connectivity index (χ1) is 6.81. The minimum atomic E-state index is 0.370. The fourth-order valence-electron chi connectivity index (χ4n) is 2.05. The molecule has 0 fully saturated rings. The Kier molecular flexibility index (Phi) is 2.70. The van der Waals surface area contributed by atoms with Crippen LogP contribution in [0.15, 0.2) is 18.2 Å². The molecule has 3 nitrogen and oxygen atoms in total. The van der Waals surface area contributed by atoms with Crippen LogP contribution in [-0.2, 0) is 17.7 Å². The summed E-state index contributed by atoms with van der Waals surface area (Å²) in [5.74, 6) is 0.429. The minimum absolute atomic E-state index is 0.370. The number of phenols is 1. The molecule has 0 saturated carbocycles. The normalized spacial score (nSPS) is 20.5. The van der Waals surface area contributed by atoms with Gasteiger partial charge in [0, 0.05) is 6.04 Å². The second kappa shape index (κ2) is 3.98. The number of benzene rings is 1. The first-order valence-corrected chi connectivity index (χ1v) is 4.89. The standard InChI is InChI=1S/C11H15NO2/c1-14-12-9-5-6-10-8(7-9)3-2-4-11(10)13/h2-4,9,12-13H,5-7H2,1H3. The van der Waals surface area contributed by atoms with Crippen molar-refractivity contribution in [2.45, 2.75) is 25.3 Å². The molecule has 1 unspecified atom stereocenters. The molecule has 0 bridgehead atoms. The summed E-state index contributed by atoms with van der Waals surface area (Å²) in [6.45, 7) is 0. The van der Waals surface area contributed by atoms with Gasteiger partial charge in [-0.25, -0.2) is 0 Å². The van der Waals surface area contributed by atoms with Crippen LogP contribution in [0.3, 0.4) is 0 Å². The van der Waals surface area contributed by atoms with Gasteiger partial charge in [0.15, 0.2) is 0 Å². The molecule has 0 radical (unpaired) electrons. The van der Waals surface area contributed by atoms with E-state index < -0.39 is 0 Å². The monoisotopic (exact) mass is 193 g/mol. The van der Waals surface area contributed by atoms with Crippen LogP contribution in [0.4, 0.5) is 0 Å². The SMILES string of the molecule is CONC1CCc2c(O)cccc2C1. The molecule has 2 N–H and O–H groups in total. The zero-order chi connectivity index (χ0) is 9.97. The Bertz CT molecular complexity index is 325. The Hall–Kier alpha value is -1.06. The van der Waals surface area contributed by atoms with Crippen LogP contribution in [0.1, 0.15) is 17.5 Å². The molecule has 1 atom stereocenters. The van der Waals surface area contributed by atoms with E-state index >= 15 is 0 Å². The number of hydrogen-bond donors (Lipinski definition) is 2. The van der Waals surface area contributed by atoms with E-state index in [1.165, 1.54) is 5.56 Å². The van der Waals surface area contributed by atoms with Gasteiger partial charge in [0.25, 0.3) is 0 Å². The smallest absolute Gasteiger partial charge is 0.119 e. The Balaban J connectivity index is 2.18. The van der Waals surface area contributed by atoms with Crippen molar-refractivity contribution in [1.82, 2.24) is 5.48 Å². The molecular weight excluding hydrogens is 178 g/mol. The maximum atomic E-state index is 9.62. The van der Waals surface area contributed by atoms with E-state index in [9.17, 15) is 5.11 Å². The number of rotatable bonds is 2. The predicted molar refractivity (Wildman–Crippen MR) is 54.1 cm³/mol. The molecule has 0 heterocycles. The summed E-state index contributed by atoms with van der Waals surface area (Å²) in [7, 11) is 1.64. The molecule has 0 saturated heterocycles. The first-order valence-electron chi connectivity index (χ1n) is 4.89. The highest BCUT2D eigenvalue weighted by molar-refractivity contribution is 5.41. The van der Waals surface area contributed by atoms with Gasteiger partial charge >= 0.3 is 0 Å². The van der Waals surface area contributed by atoms with Crippen molar-refractivity contribution in [1.29, 1.82) is 0 Å². The summed E-state index contributed by atoms with van der Waals surface area (Å²) in [6, 6.07) is 6.08. The average molecular weight is 193 g/mol. The minimum Gasteiger partial charge on any atom is -0.508 e. The second-order valence-corrected chi connectivity index (χ2v) is 3.68. The summed E-state index contributed by atoms with van der Waals surface area (Å²) in [5, 5.41) is 9.62. The molecule has 0 amide bonds. The van der Waals surface area contributed by atoms with Crippen molar-refractivity contribution in [3.8, 4) is 5.75 Å². The van der Waals surface area contributed by atoms with Gasteiger partial charge in [-0.3, -0.25) is 0 Å². The van der Waals surface area contributed by atoms with Crippen LogP contribution in [-0.4, -0.2) is 18.3 Å². The number of fused-ring (bicyclic) bond motifs is 1. The first kappa shape index (κ1) is 9.49. The lowest BCUT2D eigenvalue weighted by atomic mass is 9.88. The third-order valence-corrected chi connectivity index (χ3v) is 2.74. The lowest BCUT2D eigenvalue weighted by Gasteiger charge is -2.24. The summed E-state index contributed by atoms with van der Waals surface area (Å²) >= 11 is 0. The van der Waals surface area contributed by atoms with Gasteiger partial charge in [-0.1, -0.05) is 12.1 Å².